The molecule has 1 N–H and O–H groups in total. The first kappa shape index (κ1) is 18.2. The van der Waals surface area contributed by atoms with Gasteiger partial charge in [0.1, 0.15) is 0 Å². The molecule has 2 nitrogen and oxygen atoms in total. The lowest BCUT2D eigenvalue weighted by molar-refractivity contribution is 0.213. The Morgan fingerprint density at radius 1 is 1.00 bits per heavy atom. The monoisotopic (exact) mass is 290 g/mol. The smallest absolute Gasteiger partial charge is 0.0325 e. The maximum Gasteiger partial charge on any atom is 0.0325 e. The number of hydrogen-bond donors (Lipinski definition) is 1. The van der Waals surface area contributed by atoms with E-state index in [0.29, 0.717) is 11.5 Å². The molecule has 0 aliphatic heterocycles. The van der Waals surface area contributed by atoms with Gasteiger partial charge in [-0.05, 0) is 36.9 Å². The first-order valence-electron chi connectivity index (χ1n) is 8.02. The number of nitrogens with one attached hydrogen (secondary N) is 1. The van der Waals surface area contributed by atoms with Crippen LogP contribution in [0.5, 0.6) is 0 Å². The van der Waals surface area contributed by atoms with Gasteiger partial charge in [-0.2, -0.15) is 0 Å². The molecule has 2 heteroatoms. The topological polar surface area (TPSA) is 15.3 Å². The zero-order valence-corrected chi connectivity index (χ0v) is 15.0. The number of hydrogen-bond acceptors (Lipinski definition) is 2. The number of rotatable bonds is 7. The maximum absolute atomic E-state index is 3.81. The Hall–Kier alpha value is -0.860. The fourth-order valence-electron chi connectivity index (χ4n) is 2.92. The second-order valence-corrected chi connectivity index (χ2v) is 8.51. The molecule has 0 aliphatic rings. The Labute approximate surface area is 131 Å². The van der Waals surface area contributed by atoms with Crippen molar-refractivity contribution in [1.29, 1.82) is 0 Å². The summed E-state index contributed by atoms with van der Waals surface area (Å²) in [6, 6.07) is 11.3. The summed E-state index contributed by atoms with van der Waals surface area (Å²) in [7, 11) is 4.29. The fraction of sp³-hybridized carbons (Fsp3) is 0.684. The van der Waals surface area contributed by atoms with E-state index < -0.39 is 0 Å². The summed E-state index contributed by atoms with van der Waals surface area (Å²) in [5.74, 6) is 0. The zero-order chi connectivity index (χ0) is 16.1. The summed E-state index contributed by atoms with van der Waals surface area (Å²) in [5, 5.41) is 3.81. The van der Waals surface area contributed by atoms with Crippen LogP contribution in [0.3, 0.4) is 0 Å². The Kier molecular flexibility index (Phi) is 6.42. The molecule has 0 amide bonds. The number of benzene rings is 1. The fourth-order valence-corrected chi connectivity index (χ4v) is 2.92. The highest BCUT2D eigenvalue weighted by Gasteiger charge is 2.24. The van der Waals surface area contributed by atoms with E-state index in [1.165, 1.54) is 5.56 Å². The lowest BCUT2D eigenvalue weighted by atomic mass is 9.84. The molecule has 120 valence electrons. The Morgan fingerprint density at radius 3 is 2.05 bits per heavy atom. The predicted molar refractivity (Wildman–Crippen MR) is 93.6 cm³/mol. The Balaban J connectivity index is 2.75. The van der Waals surface area contributed by atoms with Crippen LogP contribution in [0.4, 0.5) is 0 Å². The third-order valence-corrected chi connectivity index (χ3v) is 3.59. The van der Waals surface area contributed by atoms with Crippen LogP contribution in [0.25, 0.3) is 0 Å². The van der Waals surface area contributed by atoms with Crippen molar-refractivity contribution in [3.63, 3.8) is 0 Å². The lowest BCUT2D eigenvalue weighted by Crippen LogP contribution is -2.39. The first-order valence-corrected chi connectivity index (χ1v) is 8.02. The van der Waals surface area contributed by atoms with E-state index in [9.17, 15) is 0 Å². The molecular weight excluding hydrogens is 256 g/mol. The molecule has 1 rings (SSSR count). The summed E-state index contributed by atoms with van der Waals surface area (Å²) >= 11 is 0. The first-order chi connectivity index (χ1) is 9.59. The zero-order valence-electron chi connectivity index (χ0n) is 15.0. The molecule has 0 radical (unpaired) electrons. The van der Waals surface area contributed by atoms with Crippen molar-refractivity contribution in [2.24, 2.45) is 10.8 Å². The summed E-state index contributed by atoms with van der Waals surface area (Å²) in [4.78, 5) is 2.27. The van der Waals surface area contributed by atoms with Gasteiger partial charge in [-0.1, -0.05) is 65.0 Å². The average Bonchev–Trinajstić information content (AvgIpc) is 2.33. The molecule has 21 heavy (non-hydrogen) atoms. The quantitative estimate of drug-likeness (QED) is 0.803. The van der Waals surface area contributed by atoms with Crippen molar-refractivity contribution < 1.29 is 0 Å². The van der Waals surface area contributed by atoms with Gasteiger partial charge in [0.05, 0.1) is 0 Å². The van der Waals surface area contributed by atoms with Crippen molar-refractivity contribution in [3.8, 4) is 0 Å². The van der Waals surface area contributed by atoms with Crippen LogP contribution in [0.2, 0.25) is 0 Å². The molecule has 0 saturated heterocycles. The molecule has 0 fully saturated rings. The summed E-state index contributed by atoms with van der Waals surface area (Å²) in [6.07, 6.45) is 1.15. The SMILES string of the molecule is CN(C)CC(C)(C)CNC(CC(C)(C)C)c1ccccc1. The van der Waals surface area contributed by atoms with Crippen LogP contribution in [-0.4, -0.2) is 32.1 Å². The van der Waals surface area contributed by atoms with Gasteiger partial charge in [-0.25, -0.2) is 0 Å². The van der Waals surface area contributed by atoms with Crippen LogP contribution in [0.15, 0.2) is 30.3 Å². The van der Waals surface area contributed by atoms with Crippen LogP contribution >= 0.6 is 0 Å². The van der Waals surface area contributed by atoms with E-state index in [2.05, 4.69) is 89.3 Å². The molecule has 1 atom stereocenters. The van der Waals surface area contributed by atoms with Gasteiger partial charge in [0.15, 0.2) is 0 Å². The van der Waals surface area contributed by atoms with E-state index in [0.717, 1.165) is 19.5 Å². The highest BCUT2D eigenvalue weighted by Crippen LogP contribution is 2.30. The molecule has 1 unspecified atom stereocenters. The molecule has 1 aromatic rings. The molecule has 0 aromatic heterocycles. The van der Waals surface area contributed by atoms with Crippen molar-refractivity contribution in [3.05, 3.63) is 35.9 Å². The normalized spacial score (nSPS) is 14.5. The van der Waals surface area contributed by atoms with Gasteiger partial charge in [0.25, 0.3) is 0 Å². The minimum Gasteiger partial charge on any atom is -0.309 e. The van der Waals surface area contributed by atoms with Gasteiger partial charge >= 0.3 is 0 Å². The van der Waals surface area contributed by atoms with Gasteiger partial charge in [0.2, 0.25) is 0 Å². The minimum atomic E-state index is 0.272. The van der Waals surface area contributed by atoms with Gasteiger partial charge in [-0.15, -0.1) is 0 Å². The summed E-state index contributed by atoms with van der Waals surface area (Å²) < 4.78 is 0. The van der Waals surface area contributed by atoms with Crippen LogP contribution in [0, 0.1) is 10.8 Å². The molecule has 1 aromatic carbocycles. The molecule has 0 bridgehead atoms. The molecular formula is C19H34N2. The van der Waals surface area contributed by atoms with Crippen molar-refractivity contribution in [2.45, 2.75) is 47.1 Å². The van der Waals surface area contributed by atoms with E-state index in [1.807, 2.05) is 0 Å². The Bertz CT molecular complexity index is 401. The van der Waals surface area contributed by atoms with Crippen LogP contribution in [-0.2, 0) is 0 Å². The minimum absolute atomic E-state index is 0.272. The molecule has 0 saturated carbocycles. The highest BCUT2D eigenvalue weighted by atomic mass is 15.1. The number of nitrogens with zero attached hydrogens (tertiary/aromatic N) is 1. The van der Waals surface area contributed by atoms with E-state index in [1.54, 1.807) is 0 Å². The Morgan fingerprint density at radius 2 is 1.57 bits per heavy atom. The van der Waals surface area contributed by atoms with Gasteiger partial charge in [-0.3, -0.25) is 0 Å². The lowest BCUT2D eigenvalue weighted by Gasteiger charge is -2.33. The van der Waals surface area contributed by atoms with Crippen molar-refractivity contribution in [2.75, 3.05) is 27.2 Å². The van der Waals surface area contributed by atoms with Gasteiger partial charge < -0.3 is 10.2 Å². The van der Waals surface area contributed by atoms with Gasteiger partial charge in [0, 0.05) is 19.1 Å². The standard InChI is InChI=1S/C19H34N2/c1-18(2,3)13-17(16-11-9-8-10-12-16)20-14-19(4,5)15-21(6)7/h8-12,17,20H,13-15H2,1-7H3. The average molecular weight is 290 g/mol. The second-order valence-electron chi connectivity index (χ2n) is 8.51. The third kappa shape index (κ3) is 7.63. The predicted octanol–water partition coefficient (Wildman–Crippen LogP) is 4.34. The van der Waals surface area contributed by atoms with Crippen molar-refractivity contribution in [1.82, 2.24) is 10.2 Å². The molecule has 0 aliphatic carbocycles. The van der Waals surface area contributed by atoms with E-state index >= 15 is 0 Å². The largest absolute Gasteiger partial charge is 0.309 e. The van der Waals surface area contributed by atoms with E-state index in [4.69, 9.17) is 0 Å². The summed E-state index contributed by atoms with van der Waals surface area (Å²) in [6.45, 7) is 13.7. The molecule has 0 heterocycles. The summed E-state index contributed by atoms with van der Waals surface area (Å²) in [5.41, 5.74) is 1.99. The second kappa shape index (κ2) is 7.42. The van der Waals surface area contributed by atoms with Crippen LogP contribution < -0.4 is 5.32 Å². The highest BCUT2D eigenvalue weighted by molar-refractivity contribution is 5.19. The molecule has 0 spiro atoms. The van der Waals surface area contributed by atoms with Crippen molar-refractivity contribution >= 4 is 0 Å². The van der Waals surface area contributed by atoms with Crippen LogP contribution in [0.1, 0.15) is 52.6 Å². The maximum atomic E-state index is 3.81. The third-order valence-electron chi connectivity index (χ3n) is 3.59. The van der Waals surface area contributed by atoms with E-state index in [-0.39, 0.29) is 5.41 Å².